The minimum Gasteiger partial charge on any atom is -0.375 e. The highest BCUT2D eigenvalue weighted by Gasteiger charge is 2.54. The van der Waals surface area contributed by atoms with Crippen molar-refractivity contribution in [2.75, 3.05) is 4.90 Å². The molecule has 9 aromatic rings. The summed E-state index contributed by atoms with van der Waals surface area (Å²) in [5.74, 6) is 0. The molecular formula is C60H51BN2. The lowest BCUT2D eigenvalue weighted by Crippen LogP contribution is -2.58. The minimum absolute atomic E-state index is 0.00888. The predicted octanol–water partition coefficient (Wildman–Crippen LogP) is 13.8. The van der Waals surface area contributed by atoms with Crippen LogP contribution >= 0.6 is 0 Å². The van der Waals surface area contributed by atoms with Crippen LogP contribution in [0.5, 0.6) is 0 Å². The third kappa shape index (κ3) is 4.55. The first-order chi connectivity index (χ1) is 30.3. The summed E-state index contributed by atoms with van der Waals surface area (Å²) in [6.07, 6.45) is 0. The van der Waals surface area contributed by atoms with Crippen LogP contribution < -0.4 is 15.8 Å². The van der Waals surface area contributed by atoms with Gasteiger partial charge in [0.15, 0.2) is 0 Å². The Kier molecular flexibility index (Phi) is 7.12. The van der Waals surface area contributed by atoms with Crippen molar-refractivity contribution in [2.45, 2.75) is 77.0 Å². The predicted molar refractivity (Wildman–Crippen MR) is 267 cm³/mol. The van der Waals surface area contributed by atoms with Crippen molar-refractivity contribution in [3.05, 3.63) is 208 Å². The van der Waals surface area contributed by atoms with Crippen molar-refractivity contribution in [1.29, 1.82) is 0 Å². The van der Waals surface area contributed by atoms with Crippen molar-refractivity contribution in [3.8, 4) is 22.3 Å². The second-order valence-electron chi connectivity index (χ2n) is 21.3. The minimum atomic E-state index is -0.558. The van der Waals surface area contributed by atoms with Crippen LogP contribution in [0.25, 0.3) is 44.1 Å². The summed E-state index contributed by atoms with van der Waals surface area (Å²) in [6.45, 7) is 19.0. The third-order valence-corrected chi connectivity index (χ3v) is 15.5. The molecule has 3 aliphatic heterocycles. The molecule has 0 saturated heterocycles. The summed E-state index contributed by atoms with van der Waals surface area (Å²) < 4.78 is 2.77. The molecule has 0 atom stereocenters. The van der Waals surface area contributed by atoms with Crippen molar-refractivity contribution in [1.82, 2.24) is 4.48 Å². The van der Waals surface area contributed by atoms with Gasteiger partial charge in [-0.3, -0.25) is 0 Å². The molecule has 8 aromatic carbocycles. The molecule has 0 amide bonds. The van der Waals surface area contributed by atoms with Gasteiger partial charge in [-0.15, -0.1) is 0 Å². The number of hydrogen-bond donors (Lipinski definition) is 0. The Labute approximate surface area is 372 Å². The molecule has 1 aromatic heterocycles. The van der Waals surface area contributed by atoms with E-state index in [0.29, 0.717) is 0 Å². The van der Waals surface area contributed by atoms with Crippen molar-refractivity contribution < 1.29 is 0 Å². The van der Waals surface area contributed by atoms with E-state index in [1.54, 1.807) is 0 Å². The number of nitrogens with zero attached hydrogens (tertiary/aromatic N) is 2. The molecule has 0 spiro atoms. The number of fused-ring (bicyclic) bond motifs is 13. The quantitative estimate of drug-likeness (QED) is 0.158. The molecular weight excluding hydrogens is 759 g/mol. The smallest absolute Gasteiger partial charge is 0.333 e. The lowest BCUT2D eigenvalue weighted by Gasteiger charge is -2.51. The summed E-state index contributed by atoms with van der Waals surface area (Å²) in [5.41, 5.74) is 24.7. The Morgan fingerprint density at radius 2 is 1.10 bits per heavy atom. The van der Waals surface area contributed by atoms with Gasteiger partial charge in [0.1, 0.15) is 0 Å². The highest BCUT2D eigenvalue weighted by Crippen LogP contribution is 2.62. The standard InChI is InChI=1S/C60H51BN2/c1-57(2,3)38-30-31-49-41(32-38)42-33-39(58(4,5)6)34-43-53-52-40-24-15-16-25-44(40)59(7,8)47(52)35-51-54(53)61(63(49)55(42)43)48-28-19-27-46-56(48)62(51)50-29-18-17-26-45(50)60(46,36-20-11-9-12-21-36)37-22-13-10-14-23-37/h9-35H,1-8H3. The van der Waals surface area contributed by atoms with E-state index < -0.39 is 5.41 Å². The summed E-state index contributed by atoms with van der Waals surface area (Å²) in [5, 5.41) is 2.70. The van der Waals surface area contributed by atoms with Gasteiger partial charge < -0.3 is 9.38 Å². The van der Waals surface area contributed by atoms with E-state index in [9.17, 15) is 0 Å². The molecule has 0 unspecified atom stereocenters. The topological polar surface area (TPSA) is 8.17 Å². The maximum atomic E-state index is 2.77. The maximum absolute atomic E-state index is 2.77. The Morgan fingerprint density at radius 3 is 1.79 bits per heavy atom. The van der Waals surface area contributed by atoms with Gasteiger partial charge in [-0.25, -0.2) is 0 Å². The van der Waals surface area contributed by atoms with Crippen LogP contribution in [0.1, 0.15) is 99.9 Å². The van der Waals surface area contributed by atoms with Crippen LogP contribution in [0, 0.1) is 0 Å². The van der Waals surface area contributed by atoms with Gasteiger partial charge in [-0.2, -0.15) is 0 Å². The van der Waals surface area contributed by atoms with E-state index in [1.807, 2.05) is 0 Å². The van der Waals surface area contributed by atoms with E-state index in [1.165, 1.54) is 117 Å². The van der Waals surface area contributed by atoms with Crippen LogP contribution in [0.15, 0.2) is 164 Å². The number of aromatic nitrogens is 1. The SMILES string of the molecule is CC(C)(C)c1ccc2c(c1)c1cc(C(C)(C)C)cc3c1n2B1c2cccc4c2N(c2ccccc2C4(c2ccccc2)c2ccccc2)c2cc4c(c-3c21)-c1ccccc1C4(C)C. The van der Waals surface area contributed by atoms with Gasteiger partial charge in [0.2, 0.25) is 0 Å². The fraction of sp³-hybridized carbons (Fsp3) is 0.200. The van der Waals surface area contributed by atoms with Gasteiger partial charge in [-0.1, -0.05) is 183 Å². The van der Waals surface area contributed by atoms with Crippen LogP contribution in [0.2, 0.25) is 0 Å². The molecule has 3 heteroatoms. The molecule has 304 valence electrons. The van der Waals surface area contributed by atoms with Crippen molar-refractivity contribution >= 4 is 56.6 Å². The first-order valence-corrected chi connectivity index (χ1v) is 22.9. The molecule has 4 aliphatic rings. The van der Waals surface area contributed by atoms with E-state index >= 15 is 0 Å². The first kappa shape index (κ1) is 37.0. The van der Waals surface area contributed by atoms with E-state index in [-0.39, 0.29) is 23.1 Å². The first-order valence-electron chi connectivity index (χ1n) is 22.9. The highest BCUT2D eigenvalue weighted by molar-refractivity contribution is 6.90. The fourth-order valence-corrected chi connectivity index (χ4v) is 12.6. The van der Waals surface area contributed by atoms with E-state index in [0.717, 1.165) is 0 Å². The summed E-state index contributed by atoms with van der Waals surface area (Å²) in [6, 6.07) is 63.5. The lowest BCUT2D eigenvalue weighted by atomic mass is 9.43. The van der Waals surface area contributed by atoms with Crippen LogP contribution in [0.4, 0.5) is 17.1 Å². The average molecular weight is 811 g/mol. The largest absolute Gasteiger partial charge is 0.375 e. The summed E-state index contributed by atoms with van der Waals surface area (Å²) in [4.78, 5) is 2.69. The van der Waals surface area contributed by atoms with Crippen molar-refractivity contribution in [2.24, 2.45) is 0 Å². The Balaban J connectivity index is 1.27. The zero-order valence-electron chi connectivity index (χ0n) is 37.6. The molecule has 0 N–H and O–H groups in total. The molecule has 0 saturated carbocycles. The third-order valence-electron chi connectivity index (χ3n) is 15.5. The maximum Gasteiger partial charge on any atom is 0.333 e. The van der Waals surface area contributed by atoms with Crippen LogP contribution in [-0.2, 0) is 21.7 Å². The zero-order chi connectivity index (χ0) is 42.9. The van der Waals surface area contributed by atoms with Gasteiger partial charge in [-0.05, 0) is 119 Å². The molecule has 0 fully saturated rings. The van der Waals surface area contributed by atoms with E-state index in [4.69, 9.17) is 0 Å². The number of para-hydroxylation sites is 2. The lowest BCUT2D eigenvalue weighted by molar-refractivity contribution is 0.590. The van der Waals surface area contributed by atoms with Crippen molar-refractivity contribution in [3.63, 3.8) is 0 Å². The Morgan fingerprint density at radius 1 is 0.476 bits per heavy atom. The zero-order valence-corrected chi connectivity index (χ0v) is 37.6. The van der Waals surface area contributed by atoms with Crippen LogP contribution in [0.3, 0.4) is 0 Å². The molecule has 2 nitrogen and oxygen atoms in total. The number of rotatable bonds is 2. The molecule has 0 bridgehead atoms. The Bertz CT molecular complexity index is 3410. The molecule has 63 heavy (non-hydrogen) atoms. The molecule has 1 aliphatic carbocycles. The molecule has 13 rings (SSSR count). The number of anilines is 3. The van der Waals surface area contributed by atoms with Gasteiger partial charge in [0.05, 0.1) is 11.1 Å². The molecule has 4 heterocycles. The fourth-order valence-electron chi connectivity index (χ4n) is 12.6. The van der Waals surface area contributed by atoms with Gasteiger partial charge in [0.25, 0.3) is 0 Å². The highest BCUT2D eigenvalue weighted by atomic mass is 15.2. The summed E-state index contributed by atoms with van der Waals surface area (Å²) in [7, 11) is 0. The normalized spacial score (nSPS) is 15.8. The monoisotopic (exact) mass is 810 g/mol. The van der Waals surface area contributed by atoms with Gasteiger partial charge >= 0.3 is 6.85 Å². The van der Waals surface area contributed by atoms with Crippen LogP contribution in [-0.4, -0.2) is 11.3 Å². The van der Waals surface area contributed by atoms with Gasteiger partial charge in [0, 0.05) is 44.2 Å². The number of benzene rings is 8. The second-order valence-corrected chi connectivity index (χ2v) is 21.3. The summed E-state index contributed by atoms with van der Waals surface area (Å²) >= 11 is 0. The number of hydrogen-bond acceptors (Lipinski definition) is 1. The molecule has 0 radical (unpaired) electrons. The Hall–Kier alpha value is -6.58. The van der Waals surface area contributed by atoms with E-state index in [2.05, 4.69) is 229 Å². The average Bonchev–Trinajstić information content (AvgIpc) is 3.73. The second kappa shape index (κ2) is 12.1.